The highest BCUT2D eigenvalue weighted by Crippen LogP contribution is 2.30. The van der Waals surface area contributed by atoms with Crippen molar-refractivity contribution in [1.29, 1.82) is 0 Å². The van der Waals surface area contributed by atoms with E-state index in [0.717, 1.165) is 12.8 Å². The van der Waals surface area contributed by atoms with Crippen LogP contribution in [0.3, 0.4) is 0 Å². The molecule has 0 aliphatic heterocycles. The molecule has 0 saturated heterocycles. The molecular formula is C21H25NO6. The molecule has 28 heavy (non-hydrogen) atoms. The number of methoxy groups -OCH3 is 1. The molecule has 0 atom stereocenters. The third-order valence-corrected chi connectivity index (χ3v) is 3.83. The van der Waals surface area contributed by atoms with Gasteiger partial charge in [0.25, 0.3) is 5.91 Å². The molecule has 0 heterocycles. The largest absolute Gasteiger partial charge is 0.495 e. The van der Waals surface area contributed by atoms with Crippen molar-refractivity contribution < 1.29 is 28.9 Å². The summed E-state index contributed by atoms with van der Waals surface area (Å²) in [5.74, 6) is -0.0775. The Hall–Kier alpha value is -3.22. The lowest BCUT2D eigenvalue weighted by Gasteiger charge is -2.14. The maximum atomic E-state index is 12.7. The lowest BCUT2D eigenvalue weighted by molar-refractivity contribution is 0.0696. The van der Waals surface area contributed by atoms with Crippen LogP contribution in [0, 0.1) is 0 Å². The van der Waals surface area contributed by atoms with Crippen molar-refractivity contribution in [3.8, 4) is 17.2 Å². The lowest BCUT2D eigenvalue weighted by Crippen LogP contribution is -2.13. The molecule has 2 N–H and O–H groups in total. The summed E-state index contributed by atoms with van der Waals surface area (Å²) in [6, 6.07) is 9.24. The number of carboxylic acids is 1. The van der Waals surface area contributed by atoms with Crippen LogP contribution in [0.25, 0.3) is 0 Å². The van der Waals surface area contributed by atoms with E-state index in [1.165, 1.54) is 25.3 Å². The van der Waals surface area contributed by atoms with Gasteiger partial charge in [-0.1, -0.05) is 13.8 Å². The van der Waals surface area contributed by atoms with Crippen LogP contribution < -0.4 is 19.5 Å². The Kier molecular flexibility index (Phi) is 7.68. The summed E-state index contributed by atoms with van der Waals surface area (Å²) in [6.45, 7) is 5.08. The van der Waals surface area contributed by atoms with Crippen molar-refractivity contribution in [1.82, 2.24) is 0 Å². The van der Waals surface area contributed by atoms with Gasteiger partial charge in [-0.15, -0.1) is 0 Å². The second-order valence-corrected chi connectivity index (χ2v) is 6.03. The molecule has 0 aliphatic rings. The molecule has 2 rings (SSSR count). The number of carboxylic acid groups (broad SMARTS) is 1. The van der Waals surface area contributed by atoms with E-state index >= 15 is 0 Å². The molecule has 0 bridgehead atoms. The number of anilines is 1. The Morgan fingerprint density at radius 2 is 1.50 bits per heavy atom. The average molecular weight is 387 g/mol. The van der Waals surface area contributed by atoms with Crippen LogP contribution in [0.5, 0.6) is 17.2 Å². The van der Waals surface area contributed by atoms with Crippen LogP contribution in [0.15, 0.2) is 36.4 Å². The van der Waals surface area contributed by atoms with Gasteiger partial charge in [-0.2, -0.15) is 0 Å². The summed E-state index contributed by atoms with van der Waals surface area (Å²) in [4.78, 5) is 23.8. The van der Waals surface area contributed by atoms with Gasteiger partial charge in [0.1, 0.15) is 5.75 Å². The van der Waals surface area contributed by atoms with E-state index in [0.29, 0.717) is 36.0 Å². The number of amides is 1. The van der Waals surface area contributed by atoms with Gasteiger partial charge in [0.15, 0.2) is 11.5 Å². The zero-order chi connectivity index (χ0) is 20.5. The summed E-state index contributed by atoms with van der Waals surface area (Å²) in [5, 5.41) is 11.8. The van der Waals surface area contributed by atoms with Gasteiger partial charge in [-0.25, -0.2) is 4.79 Å². The van der Waals surface area contributed by atoms with E-state index in [2.05, 4.69) is 5.32 Å². The van der Waals surface area contributed by atoms with Crippen LogP contribution in [-0.2, 0) is 0 Å². The SMILES string of the molecule is CCCOc1ccc(C(=O)Nc2ccc(C(=O)O)cc2OC)cc1OCCC. The number of benzene rings is 2. The minimum Gasteiger partial charge on any atom is -0.495 e. The minimum absolute atomic E-state index is 0.0718. The Bertz CT molecular complexity index is 834. The Balaban J connectivity index is 2.24. The number of hydrogen-bond acceptors (Lipinski definition) is 5. The fourth-order valence-electron chi connectivity index (χ4n) is 2.43. The number of hydrogen-bond donors (Lipinski definition) is 2. The van der Waals surface area contributed by atoms with Crippen molar-refractivity contribution in [2.45, 2.75) is 26.7 Å². The first-order chi connectivity index (χ1) is 13.5. The highest BCUT2D eigenvalue weighted by Gasteiger charge is 2.15. The number of ether oxygens (including phenoxy) is 3. The van der Waals surface area contributed by atoms with Crippen LogP contribution in [0.2, 0.25) is 0 Å². The molecule has 150 valence electrons. The Labute approximate surface area is 164 Å². The van der Waals surface area contributed by atoms with Crippen LogP contribution >= 0.6 is 0 Å². The summed E-state index contributed by atoms with van der Waals surface area (Å²) < 4.78 is 16.6. The van der Waals surface area contributed by atoms with Crippen LogP contribution in [0.4, 0.5) is 5.69 Å². The maximum absolute atomic E-state index is 12.7. The predicted octanol–water partition coefficient (Wildman–Crippen LogP) is 4.22. The van der Waals surface area contributed by atoms with E-state index in [4.69, 9.17) is 19.3 Å². The first-order valence-electron chi connectivity index (χ1n) is 9.12. The number of rotatable bonds is 10. The van der Waals surface area contributed by atoms with E-state index < -0.39 is 5.97 Å². The quantitative estimate of drug-likeness (QED) is 0.634. The summed E-state index contributed by atoms with van der Waals surface area (Å²) in [6.07, 6.45) is 1.69. The molecule has 7 nitrogen and oxygen atoms in total. The minimum atomic E-state index is -1.07. The summed E-state index contributed by atoms with van der Waals surface area (Å²) in [5.41, 5.74) is 0.835. The molecule has 0 aliphatic carbocycles. The fraction of sp³-hybridized carbons (Fsp3) is 0.333. The number of carbonyl (C=O) groups is 2. The first kappa shape index (κ1) is 21.1. The molecule has 0 radical (unpaired) electrons. The van der Waals surface area contributed by atoms with Crippen molar-refractivity contribution in [3.05, 3.63) is 47.5 Å². The highest BCUT2D eigenvalue weighted by molar-refractivity contribution is 6.05. The van der Waals surface area contributed by atoms with Crippen molar-refractivity contribution in [2.75, 3.05) is 25.6 Å². The van der Waals surface area contributed by atoms with Gasteiger partial charge in [-0.3, -0.25) is 4.79 Å². The Morgan fingerprint density at radius 1 is 0.893 bits per heavy atom. The summed E-state index contributed by atoms with van der Waals surface area (Å²) in [7, 11) is 1.41. The molecule has 0 saturated carbocycles. The molecule has 0 unspecified atom stereocenters. The van der Waals surface area contributed by atoms with E-state index in [9.17, 15) is 9.59 Å². The summed E-state index contributed by atoms with van der Waals surface area (Å²) >= 11 is 0. The molecule has 2 aromatic carbocycles. The third-order valence-electron chi connectivity index (χ3n) is 3.83. The second-order valence-electron chi connectivity index (χ2n) is 6.03. The van der Waals surface area contributed by atoms with Crippen LogP contribution in [0.1, 0.15) is 47.4 Å². The van der Waals surface area contributed by atoms with Crippen molar-refractivity contribution in [3.63, 3.8) is 0 Å². The van der Waals surface area contributed by atoms with Gasteiger partial charge in [0.2, 0.25) is 0 Å². The molecule has 0 aromatic heterocycles. The first-order valence-corrected chi connectivity index (χ1v) is 9.12. The standard InChI is InChI=1S/C21H25NO6/c1-4-10-27-17-9-7-14(12-19(17)28-11-5-2)20(23)22-16-8-6-15(21(24)25)13-18(16)26-3/h6-9,12-13H,4-5,10-11H2,1-3H3,(H,22,23)(H,24,25). The van der Waals surface area contributed by atoms with Gasteiger partial charge in [-0.05, 0) is 49.2 Å². The van der Waals surface area contributed by atoms with E-state index in [-0.39, 0.29) is 17.2 Å². The zero-order valence-corrected chi connectivity index (χ0v) is 16.3. The smallest absolute Gasteiger partial charge is 0.335 e. The van der Waals surface area contributed by atoms with E-state index in [1.807, 2.05) is 13.8 Å². The molecule has 0 spiro atoms. The number of aromatic carboxylic acids is 1. The second kappa shape index (κ2) is 10.2. The molecule has 1 amide bonds. The zero-order valence-electron chi connectivity index (χ0n) is 16.3. The predicted molar refractivity (Wildman–Crippen MR) is 106 cm³/mol. The third kappa shape index (κ3) is 5.39. The maximum Gasteiger partial charge on any atom is 0.335 e. The normalized spacial score (nSPS) is 10.2. The van der Waals surface area contributed by atoms with Gasteiger partial charge in [0, 0.05) is 5.56 Å². The van der Waals surface area contributed by atoms with Crippen molar-refractivity contribution >= 4 is 17.6 Å². The van der Waals surface area contributed by atoms with Gasteiger partial charge >= 0.3 is 5.97 Å². The average Bonchev–Trinajstić information content (AvgIpc) is 2.70. The molecule has 7 heteroatoms. The van der Waals surface area contributed by atoms with Crippen molar-refractivity contribution in [2.24, 2.45) is 0 Å². The monoisotopic (exact) mass is 387 g/mol. The molecule has 2 aromatic rings. The molecular weight excluding hydrogens is 362 g/mol. The lowest BCUT2D eigenvalue weighted by atomic mass is 10.1. The molecule has 0 fully saturated rings. The van der Waals surface area contributed by atoms with Gasteiger partial charge in [0.05, 0.1) is 31.6 Å². The van der Waals surface area contributed by atoms with Crippen LogP contribution in [-0.4, -0.2) is 37.3 Å². The van der Waals surface area contributed by atoms with E-state index in [1.54, 1.807) is 18.2 Å². The fourth-order valence-corrected chi connectivity index (χ4v) is 2.43. The topological polar surface area (TPSA) is 94.1 Å². The Morgan fingerprint density at radius 3 is 2.11 bits per heavy atom. The van der Waals surface area contributed by atoms with Gasteiger partial charge < -0.3 is 24.6 Å². The number of carbonyl (C=O) groups excluding carboxylic acids is 1. The highest BCUT2D eigenvalue weighted by atomic mass is 16.5. The number of nitrogens with one attached hydrogen (secondary N) is 1.